The Kier molecular flexibility index (Phi) is 4.55. The maximum atomic E-state index is 12.5. The third-order valence-corrected chi connectivity index (χ3v) is 4.44. The Bertz CT molecular complexity index is 715. The van der Waals surface area contributed by atoms with Gasteiger partial charge >= 0.3 is 5.97 Å². The number of Topliss-reactive ketones (excluding diaryl/α,β-unsaturated/α-hetero) is 1. The average Bonchev–Trinajstić information content (AvgIpc) is 2.54. The number of nitrogens with two attached hydrogens (primary N) is 1. The quantitative estimate of drug-likeness (QED) is 0.649. The fourth-order valence-corrected chi connectivity index (χ4v) is 2.27. The number of hydrogen-bond donors (Lipinski definition) is 2. The minimum Gasteiger partial charge on any atom is -0.481 e. The number of carbonyl (C=O) groups is 2. The molecule has 0 saturated carbocycles. The molecule has 0 aliphatic heterocycles. The summed E-state index contributed by atoms with van der Waals surface area (Å²) in [7, 11) is 0. The van der Waals surface area contributed by atoms with Gasteiger partial charge in [-0.05, 0) is 37.1 Å². The maximum absolute atomic E-state index is 12.5. The van der Waals surface area contributed by atoms with Crippen LogP contribution in [0.15, 0.2) is 48.5 Å². The van der Waals surface area contributed by atoms with Gasteiger partial charge in [-0.25, -0.2) is 0 Å². The van der Waals surface area contributed by atoms with Gasteiger partial charge in [-0.15, -0.1) is 0 Å². The molecule has 2 rings (SSSR count). The van der Waals surface area contributed by atoms with Crippen LogP contribution in [0.5, 0.6) is 0 Å². The molecule has 0 amide bonds. The highest BCUT2D eigenvalue weighted by molar-refractivity contribution is 6.00. The van der Waals surface area contributed by atoms with Crippen LogP contribution in [-0.2, 0) is 4.79 Å². The van der Waals surface area contributed by atoms with Crippen LogP contribution in [0, 0.1) is 11.3 Å². The fourth-order valence-electron chi connectivity index (χ4n) is 2.27. The molecule has 2 aromatic rings. The Morgan fingerprint density at radius 3 is 1.83 bits per heavy atom. The van der Waals surface area contributed by atoms with Crippen molar-refractivity contribution < 1.29 is 14.7 Å². The van der Waals surface area contributed by atoms with Crippen LogP contribution in [0.25, 0.3) is 11.1 Å². The van der Waals surface area contributed by atoms with Gasteiger partial charge in [0, 0.05) is 17.2 Å². The number of anilines is 1. The van der Waals surface area contributed by atoms with E-state index in [4.69, 9.17) is 5.73 Å². The number of rotatable bonds is 5. The number of hydrogen-bond acceptors (Lipinski definition) is 3. The van der Waals surface area contributed by atoms with Crippen molar-refractivity contribution >= 4 is 17.4 Å². The standard InChI is InChI=1S/C19H21NO3/c1-12(19(2,3)18(22)23)17(21)15-6-4-13(5-7-15)14-8-10-16(20)11-9-14/h4-12H,20H2,1-3H3,(H,22,23). The van der Waals surface area contributed by atoms with E-state index in [1.165, 1.54) is 0 Å². The van der Waals surface area contributed by atoms with E-state index in [1.54, 1.807) is 32.9 Å². The second-order valence-corrected chi connectivity index (χ2v) is 6.31. The molecule has 0 saturated heterocycles. The van der Waals surface area contributed by atoms with E-state index in [9.17, 15) is 14.7 Å². The summed E-state index contributed by atoms with van der Waals surface area (Å²) < 4.78 is 0. The summed E-state index contributed by atoms with van der Waals surface area (Å²) in [6.07, 6.45) is 0. The molecule has 0 fully saturated rings. The molecular weight excluding hydrogens is 290 g/mol. The Morgan fingerprint density at radius 1 is 0.957 bits per heavy atom. The first-order chi connectivity index (χ1) is 10.7. The molecule has 3 N–H and O–H groups in total. The lowest BCUT2D eigenvalue weighted by Gasteiger charge is -2.26. The third-order valence-electron chi connectivity index (χ3n) is 4.44. The zero-order valence-electron chi connectivity index (χ0n) is 13.5. The van der Waals surface area contributed by atoms with Crippen molar-refractivity contribution in [3.63, 3.8) is 0 Å². The summed E-state index contributed by atoms with van der Waals surface area (Å²) in [6, 6.07) is 14.7. The smallest absolute Gasteiger partial charge is 0.309 e. The lowest BCUT2D eigenvalue weighted by atomic mass is 9.76. The predicted molar refractivity (Wildman–Crippen MR) is 91.2 cm³/mol. The summed E-state index contributed by atoms with van der Waals surface area (Å²) in [5, 5.41) is 9.26. The van der Waals surface area contributed by atoms with Gasteiger partial charge in [-0.3, -0.25) is 9.59 Å². The lowest BCUT2D eigenvalue weighted by Crippen LogP contribution is -2.36. The monoisotopic (exact) mass is 311 g/mol. The highest BCUT2D eigenvalue weighted by atomic mass is 16.4. The van der Waals surface area contributed by atoms with E-state index < -0.39 is 17.3 Å². The van der Waals surface area contributed by atoms with Crippen molar-refractivity contribution in [3.8, 4) is 11.1 Å². The van der Waals surface area contributed by atoms with Crippen LogP contribution in [0.1, 0.15) is 31.1 Å². The van der Waals surface area contributed by atoms with Gasteiger partial charge in [0.15, 0.2) is 5.78 Å². The van der Waals surface area contributed by atoms with Crippen molar-refractivity contribution in [2.24, 2.45) is 11.3 Å². The first-order valence-electron chi connectivity index (χ1n) is 7.47. The van der Waals surface area contributed by atoms with Crippen LogP contribution in [0.2, 0.25) is 0 Å². The van der Waals surface area contributed by atoms with Crippen LogP contribution in [0.3, 0.4) is 0 Å². The predicted octanol–water partition coefficient (Wildman–Crippen LogP) is 3.87. The highest BCUT2D eigenvalue weighted by Gasteiger charge is 2.38. The molecule has 0 aliphatic rings. The number of carbonyl (C=O) groups excluding carboxylic acids is 1. The summed E-state index contributed by atoms with van der Waals surface area (Å²) in [4.78, 5) is 23.8. The van der Waals surface area contributed by atoms with Crippen molar-refractivity contribution in [2.75, 3.05) is 5.73 Å². The number of nitrogen functional groups attached to an aromatic ring is 1. The minimum atomic E-state index is -1.10. The number of ketones is 1. The third kappa shape index (κ3) is 3.42. The largest absolute Gasteiger partial charge is 0.481 e. The van der Waals surface area contributed by atoms with E-state index in [0.29, 0.717) is 11.3 Å². The van der Waals surface area contributed by atoms with Crippen LogP contribution >= 0.6 is 0 Å². The van der Waals surface area contributed by atoms with Gasteiger partial charge in [0.2, 0.25) is 0 Å². The molecule has 2 aromatic carbocycles. The number of aliphatic carboxylic acids is 1. The summed E-state index contributed by atoms with van der Waals surface area (Å²) in [5.74, 6) is -1.75. The summed E-state index contributed by atoms with van der Waals surface area (Å²) >= 11 is 0. The lowest BCUT2D eigenvalue weighted by molar-refractivity contribution is -0.148. The van der Waals surface area contributed by atoms with E-state index >= 15 is 0 Å². The van der Waals surface area contributed by atoms with Crippen LogP contribution in [-0.4, -0.2) is 16.9 Å². The molecule has 23 heavy (non-hydrogen) atoms. The molecule has 120 valence electrons. The highest BCUT2D eigenvalue weighted by Crippen LogP contribution is 2.30. The first-order valence-corrected chi connectivity index (χ1v) is 7.47. The minimum absolute atomic E-state index is 0.166. The average molecular weight is 311 g/mol. The Balaban J connectivity index is 2.24. The van der Waals surface area contributed by atoms with Gasteiger partial charge in [-0.2, -0.15) is 0 Å². The van der Waals surface area contributed by atoms with Gasteiger partial charge in [0.05, 0.1) is 5.41 Å². The topological polar surface area (TPSA) is 80.4 Å². The first kappa shape index (κ1) is 16.7. The van der Waals surface area contributed by atoms with E-state index in [-0.39, 0.29) is 5.78 Å². The Morgan fingerprint density at radius 2 is 1.39 bits per heavy atom. The number of carboxylic acid groups (broad SMARTS) is 1. The Hall–Kier alpha value is -2.62. The van der Waals surface area contributed by atoms with Crippen molar-refractivity contribution in [1.29, 1.82) is 0 Å². The molecule has 0 aromatic heterocycles. The SMILES string of the molecule is CC(C(=O)c1ccc(-c2ccc(N)cc2)cc1)C(C)(C)C(=O)O. The normalized spacial score (nSPS) is 12.7. The van der Waals surface area contributed by atoms with E-state index in [2.05, 4.69) is 0 Å². The van der Waals surface area contributed by atoms with Crippen molar-refractivity contribution in [1.82, 2.24) is 0 Å². The van der Waals surface area contributed by atoms with Crippen LogP contribution < -0.4 is 5.73 Å². The second-order valence-electron chi connectivity index (χ2n) is 6.31. The molecule has 4 heteroatoms. The Labute approximate surface area is 136 Å². The molecule has 0 bridgehead atoms. The van der Waals surface area contributed by atoms with E-state index in [0.717, 1.165) is 11.1 Å². The molecule has 0 heterocycles. The number of benzene rings is 2. The second kappa shape index (κ2) is 6.24. The molecule has 1 atom stereocenters. The molecule has 0 spiro atoms. The molecular formula is C19H21NO3. The number of carboxylic acids is 1. The summed E-state index contributed by atoms with van der Waals surface area (Å²) in [5.41, 5.74) is 7.78. The molecule has 4 nitrogen and oxygen atoms in total. The maximum Gasteiger partial charge on any atom is 0.309 e. The summed E-state index contributed by atoms with van der Waals surface area (Å²) in [6.45, 7) is 4.80. The van der Waals surface area contributed by atoms with Crippen molar-refractivity contribution in [2.45, 2.75) is 20.8 Å². The molecule has 0 radical (unpaired) electrons. The van der Waals surface area contributed by atoms with E-state index in [1.807, 2.05) is 36.4 Å². The van der Waals surface area contributed by atoms with Crippen LogP contribution in [0.4, 0.5) is 5.69 Å². The van der Waals surface area contributed by atoms with Crippen molar-refractivity contribution in [3.05, 3.63) is 54.1 Å². The van der Waals surface area contributed by atoms with Gasteiger partial charge < -0.3 is 10.8 Å². The zero-order chi connectivity index (χ0) is 17.2. The molecule has 0 aliphatic carbocycles. The van der Waals surface area contributed by atoms with Gasteiger partial charge in [-0.1, -0.05) is 43.3 Å². The fraction of sp³-hybridized carbons (Fsp3) is 0.263. The molecule has 1 unspecified atom stereocenters. The zero-order valence-corrected chi connectivity index (χ0v) is 13.5. The van der Waals surface area contributed by atoms with Gasteiger partial charge in [0.25, 0.3) is 0 Å². The van der Waals surface area contributed by atoms with Gasteiger partial charge in [0.1, 0.15) is 0 Å².